The Balaban J connectivity index is 1.92. The highest BCUT2D eigenvalue weighted by Crippen LogP contribution is 2.07. The number of hydrogen-bond acceptors (Lipinski definition) is 2. The third-order valence-electron chi connectivity index (χ3n) is 3.28. The quantitative estimate of drug-likeness (QED) is 0.854. The second-order valence-corrected chi connectivity index (χ2v) is 5.23. The molecular formula is C18H19NO2. The van der Waals surface area contributed by atoms with Gasteiger partial charge in [0.05, 0.1) is 0 Å². The molecule has 2 aromatic carbocycles. The molecule has 0 bridgehead atoms. The Hall–Kier alpha value is -2.42. The van der Waals surface area contributed by atoms with Crippen LogP contribution in [0.15, 0.2) is 54.6 Å². The molecule has 2 aromatic rings. The number of aryl methyl sites for hydroxylation is 1. The van der Waals surface area contributed by atoms with Gasteiger partial charge in [0.1, 0.15) is 0 Å². The second-order valence-electron chi connectivity index (χ2n) is 5.23. The van der Waals surface area contributed by atoms with Gasteiger partial charge in [-0.2, -0.15) is 0 Å². The van der Waals surface area contributed by atoms with Crippen molar-refractivity contribution in [2.75, 3.05) is 0 Å². The van der Waals surface area contributed by atoms with Gasteiger partial charge in [0.2, 0.25) is 0 Å². The van der Waals surface area contributed by atoms with E-state index in [-0.39, 0.29) is 17.7 Å². The Morgan fingerprint density at radius 2 is 1.57 bits per heavy atom. The summed E-state index contributed by atoms with van der Waals surface area (Å²) < 4.78 is 0. The zero-order valence-corrected chi connectivity index (χ0v) is 12.3. The van der Waals surface area contributed by atoms with Crippen LogP contribution in [-0.2, 0) is 0 Å². The first-order valence-electron chi connectivity index (χ1n) is 7.02. The molecule has 2 rings (SSSR count). The number of carbonyl (C=O) groups is 2. The van der Waals surface area contributed by atoms with Gasteiger partial charge in [-0.25, -0.2) is 0 Å². The largest absolute Gasteiger partial charge is 0.349 e. The molecule has 0 saturated heterocycles. The summed E-state index contributed by atoms with van der Waals surface area (Å²) in [5.74, 6) is -0.115. The molecule has 0 heterocycles. The van der Waals surface area contributed by atoms with Crippen molar-refractivity contribution in [3.8, 4) is 0 Å². The number of hydrogen-bond donors (Lipinski definition) is 1. The number of ketones is 1. The van der Waals surface area contributed by atoms with Crippen LogP contribution in [0.1, 0.15) is 39.6 Å². The van der Waals surface area contributed by atoms with Gasteiger partial charge >= 0.3 is 0 Å². The van der Waals surface area contributed by atoms with Crippen molar-refractivity contribution < 1.29 is 9.59 Å². The highest BCUT2D eigenvalue weighted by atomic mass is 16.2. The molecule has 1 unspecified atom stereocenters. The van der Waals surface area contributed by atoms with E-state index in [2.05, 4.69) is 5.32 Å². The van der Waals surface area contributed by atoms with E-state index in [1.54, 1.807) is 24.3 Å². The second kappa shape index (κ2) is 6.84. The van der Waals surface area contributed by atoms with Crippen LogP contribution in [0, 0.1) is 6.92 Å². The van der Waals surface area contributed by atoms with E-state index in [0.29, 0.717) is 17.5 Å². The van der Waals surface area contributed by atoms with Crippen molar-refractivity contribution in [3.05, 3.63) is 71.3 Å². The lowest BCUT2D eigenvalue weighted by Crippen LogP contribution is -2.34. The number of benzene rings is 2. The molecule has 0 aliphatic carbocycles. The molecule has 0 aromatic heterocycles. The van der Waals surface area contributed by atoms with E-state index in [1.807, 2.05) is 44.2 Å². The summed E-state index contributed by atoms with van der Waals surface area (Å²) in [6, 6.07) is 16.3. The molecule has 3 heteroatoms. The van der Waals surface area contributed by atoms with Gasteiger partial charge < -0.3 is 5.32 Å². The summed E-state index contributed by atoms with van der Waals surface area (Å²) in [6.45, 7) is 3.82. The summed E-state index contributed by atoms with van der Waals surface area (Å²) in [5, 5.41) is 2.86. The molecule has 0 saturated carbocycles. The third-order valence-corrected chi connectivity index (χ3v) is 3.28. The van der Waals surface area contributed by atoms with Gasteiger partial charge in [-0.05, 0) is 26.0 Å². The Labute approximate surface area is 125 Å². The Kier molecular flexibility index (Phi) is 4.88. The summed E-state index contributed by atoms with van der Waals surface area (Å²) >= 11 is 0. The highest BCUT2D eigenvalue weighted by molar-refractivity contribution is 5.98. The first-order chi connectivity index (χ1) is 10.1. The lowest BCUT2D eigenvalue weighted by molar-refractivity contribution is 0.0918. The molecule has 0 spiro atoms. The third kappa shape index (κ3) is 4.28. The number of carbonyl (C=O) groups excluding carboxylic acids is 2. The summed E-state index contributed by atoms with van der Waals surface area (Å²) in [5.41, 5.74) is 2.40. The zero-order valence-electron chi connectivity index (χ0n) is 12.3. The van der Waals surface area contributed by atoms with Gasteiger partial charge in [0.25, 0.3) is 5.91 Å². The van der Waals surface area contributed by atoms with Crippen LogP contribution in [0.4, 0.5) is 0 Å². The van der Waals surface area contributed by atoms with Crippen LogP contribution in [0.25, 0.3) is 0 Å². The summed E-state index contributed by atoms with van der Waals surface area (Å²) in [6.07, 6.45) is 0.293. The van der Waals surface area contributed by atoms with Gasteiger partial charge in [-0.1, -0.05) is 48.0 Å². The molecule has 0 fully saturated rings. The van der Waals surface area contributed by atoms with Crippen molar-refractivity contribution in [3.63, 3.8) is 0 Å². The van der Waals surface area contributed by atoms with Crippen molar-refractivity contribution >= 4 is 11.7 Å². The number of amides is 1. The van der Waals surface area contributed by atoms with E-state index in [1.165, 1.54) is 0 Å². The van der Waals surface area contributed by atoms with Crippen molar-refractivity contribution in [2.24, 2.45) is 0 Å². The fourth-order valence-corrected chi connectivity index (χ4v) is 2.08. The first-order valence-corrected chi connectivity index (χ1v) is 7.02. The zero-order chi connectivity index (χ0) is 15.2. The molecule has 0 aliphatic rings. The van der Waals surface area contributed by atoms with Gasteiger partial charge in [0.15, 0.2) is 5.78 Å². The average Bonchev–Trinajstić information content (AvgIpc) is 2.48. The number of rotatable bonds is 5. The van der Waals surface area contributed by atoms with Crippen LogP contribution in [0.3, 0.4) is 0 Å². The normalized spacial score (nSPS) is 11.7. The molecule has 1 atom stereocenters. The monoisotopic (exact) mass is 281 g/mol. The molecule has 1 amide bonds. The van der Waals surface area contributed by atoms with E-state index >= 15 is 0 Å². The van der Waals surface area contributed by atoms with E-state index in [9.17, 15) is 9.59 Å². The van der Waals surface area contributed by atoms with Crippen molar-refractivity contribution in [2.45, 2.75) is 26.3 Å². The van der Waals surface area contributed by atoms with E-state index in [0.717, 1.165) is 5.56 Å². The lowest BCUT2D eigenvalue weighted by Gasteiger charge is -2.13. The Morgan fingerprint density at radius 3 is 2.19 bits per heavy atom. The van der Waals surface area contributed by atoms with Crippen LogP contribution in [-0.4, -0.2) is 17.7 Å². The molecular weight excluding hydrogens is 262 g/mol. The van der Waals surface area contributed by atoms with Gasteiger partial charge in [-0.15, -0.1) is 0 Å². The predicted octanol–water partition coefficient (Wildman–Crippen LogP) is 3.39. The molecule has 0 aliphatic heterocycles. The van der Waals surface area contributed by atoms with Crippen molar-refractivity contribution in [1.29, 1.82) is 0 Å². The van der Waals surface area contributed by atoms with Gasteiger partial charge in [0, 0.05) is 23.6 Å². The molecule has 108 valence electrons. The fourth-order valence-electron chi connectivity index (χ4n) is 2.08. The minimum absolute atomic E-state index is 0.0345. The summed E-state index contributed by atoms with van der Waals surface area (Å²) in [4.78, 5) is 24.1. The maximum absolute atomic E-state index is 12.1. The van der Waals surface area contributed by atoms with E-state index in [4.69, 9.17) is 0 Å². The molecule has 0 radical (unpaired) electrons. The maximum Gasteiger partial charge on any atom is 0.251 e. The fraction of sp³-hybridized carbons (Fsp3) is 0.222. The standard InChI is InChI=1S/C18H19NO2/c1-13-8-10-16(11-9-13)18(21)19-14(2)12-17(20)15-6-4-3-5-7-15/h3-11,14H,12H2,1-2H3,(H,19,21). The Morgan fingerprint density at radius 1 is 0.952 bits per heavy atom. The predicted molar refractivity (Wildman–Crippen MR) is 83.5 cm³/mol. The smallest absolute Gasteiger partial charge is 0.251 e. The first kappa shape index (κ1) is 15.0. The topological polar surface area (TPSA) is 46.2 Å². The number of Topliss-reactive ketones (excluding diaryl/α,β-unsaturated/α-hetero) is 1. The maximum atomic E-state index is 12.1. The van der Waals surface area contributed by atoms with Gasteiger partial charge in [-0.3, -0.25) is 9.59 Å². The summed E-state index contributed by atoms with van der Waals surface area (Å²) in [7, 11) is 0. The number of nitrogens with one attached hydrogen (secondary N) is 1. The highest BCUT2D eigenvalue weighted by Gasteiger charge is 2.14. The minimum atomic E-state index is -0.202. The van der Waals surface area contributed by atoms with E-state index < -0.39 is 0 Å². The van der Waals surface area contributed by atoms with Crippen LogP contribution in [0.2, 0.25) is 0 Å². The Bertz CT molecular complexity index is 617. The minimum Gasteiger partial charge on any atom is -0.349 e. The van der Waals surface area contributed by atoms with Crippen LogP contribution in [0.5, 0.6) is 0 Å². The SMILES string of the molecule is Cc1ccc(C(=O)NC(C)CC(=O)c2ccccc2)cc1. The van der Waals surface area contributed by atoms with Crippen molar-refractivity contribution in [1.82, 2.24) is 5.32 Å². The molecule has 21 heavy (non-hydrogen) atoms. The molecule has 3 nitrogen and oxygen atoms in total. The molecule has 1 N–H and O–H groups in total. The van der Waals surface area contributed by atoms with Crippen LogP contribution < -0.4 is 5.32 Å². The average molecular weight is 281 g/mol. The van der Waals surface area contributed by atoms with Crippen LogP contribution >= 0.6 is 0 Å². The lowest BCUT2D eigenvalue weighted by atomic mass is 10.0.